The van der Waals surface area contributed by atoms with Crippen LogP contribution in [0.5, 0.6) is 0 Å². The van der Waals surface area contributed by atoms with Gasteiger partial charge < -0.3 is 20.1 Å². The Labute approximate surface area is 209 Å². The van der Waals surface area contributed by atoms with Crippen LogP contribution in [0.15, 0.2) is 42.6 Å². The first-order valence-electron chi connectivity index (χ1n) is 11.7. The summed E-state index contributed by atoms with van der Waals surface area (Å²) in [5.74, 6) is -3.21. The van der Waals surface area contributed by atoms with Gasteiger partial charge in [-0.1, -0.05) is 0 Å². The molecule has 0 amide bonds. The van der Waals surface area contributed by atoms with Crippen molar-refractivity contribution in [3.05, 3.63) is 65.6 Å². The van der Waals surface area contributed by atoms with Gasteiger partial charge in [0.2, 0.25) is 5.95 Å². The summed E-state index contributed by atoms with van der Waals surface area (Å²) in [5, 5.41) is 10.7. The summed E-state index contributed by atoms with van der Waals surface area (Å²) in [4.78, 5) is 20.8. The van der Waals surface area contributed by atoms with E-state index >= 15 is 0 Å². The van der Waals surface area contributed by atoms with Crippen LogP contribution in [0.4, 0.5) is 36.3 Å². The lowest BCUT2D eigenvalue weighted by molar-refractivity contribution is 0.0526. The molecule has 2 N–H and O–H groups in total. The Kier molecular flexibility index (Phi) is 6.91. The van der Waals surface area contributed by atoms with Crippen LogP contribution >= 0.6 is 0 Å². The fourth-order valence-electron chi connectivity index (χ4n) is 4.07. The van der Waals surface area contributed by atoms with E-state index in [1.165, 1.54) is 6.20 Å². The maximum Gasteiger partial charge on any atom is 0.338 e. The number of carbonyl (C=O) groups is 1. The molecule has 0 spiro atoms. The minimum absolute atomic E-state index is 0.0543. The topological polar surface area (TPSA) is 103 Å². The van der Waals surface area contributed by atoms with Crippen LogP contribution < -0.4 is 10.6 Å². The molecule has 37 heavy (non-hydrogen) atoms. The van der Waals surface area contributed by atoms with Gasteiger partial charge in [0.1, 0.15) is 11.5 Å². The molecule has 0 aliphatic carbocycles. The third-order valence-corrected chi connectivity index (χ3v) is 5.89. The zero-order valence-electron chi connectivity index (χ0n) is 19.8. The van der Waals surface area contributed by atoms with E-state index in [4.69, 9.17) is 9.47 Å². The predicted octanol–water partition coefficient (Wildman–Crippen LogP) is 5.26. The average Bonchev–Trinajstić information content (AvgIpc) is 3.25. The van der Waals surface area contributed by atoms with Crippen molar-refractivity contribution in [2.45, 2.75) is 25.8 Å². The molecule has 1 fully saturated rings. The van der Waals surface area contributed by atoms with Crippen LogP contribution in [-0.2, 0) is 9.47 Å². The quantitative estimate of drug-likeness (QED) is 0.323. The molecule has 4 aromatic rings. The third-order valence-electron chi connectivity index (χ3n) is 5.89. The van der Waals surface area contributed by atoms with E-state index in [1.807, 2.05) is 0 Å². The molecule has 0 atom stereocenters. The first-order valence-corrected chi connectivity index (χ1v) is 11.7. The van der Waals surface area contributed by atoms with Gasteiger partial charge in [-0.2, -0.15) is 10.1 Å². The number of nitrogens with zero attached hydrogens (tertiary/aromatic N) is 4. The number of halogens is 3. The lowest BCUT2D eigenvalue weighted by Crippen LogP contribution is -2.21. The zero-order chi connectivity index (χ0) is 25.9. The van der Waals surface area contributed by atoms with E-state index in [2.05, 4.69) is 25.7 Å². The van der Waals surface area contributed by atoms with Crippen molar-refractivity contribution < 1.29 is 27.4 Å². The lowest BCUT2D eigenvalue weighted by atomic mass is 10.1. The number of hydrogen-bond donors (Lipinski definition) is 2. The van der Waals surface area contributed by atoms with E-state index < -0.39 is 29.1 Å². The fourth-order valence-corrected chi connectivity index (χ4v) is 4.07. The van der Waals surface area contributed by atoms with Crippen molar-refractivity contribution in [3.8, 4) is 0 Å². The average molecular weight is 512 g/mol. The third kappa shape index (κ3) is 5.19. The molecule has 3 heterocycles. The summed E-state index contributed by atoms with van der Waals surface area (Å²) >= 11 is 0. The summed E-state index contributed by atoms with van der Waals surface area (Å²) in [6.45, 7) is 3.10. The number of rotatable bonds is 7. The number of fused-ring (bicyclic) bond motifs is 1. The molecular weight excluding hydrogens is 489 g/mol. The number of carbonyl (C=O) groups excluding carboxylic acids is 1. The molecule has 1 aliphatic heterocycles. The molecule has 0 saturated carbocycles. The van der Waals surface area contributed by atoms with Gasteiger partial charge in [-0.25, -0.2) is 27.6 Å². The fraction of sp³-hybridized carbons (Fsp3) is 0.280. The highest BCUT2D eigenvalue weighted by atomic mass is 19.1. The van der Waals surface area contributed by atoms with Crippen molar-refractivity contribution in [2.75, 3.05) is 30.5 Å². The Bertz CT molecular complexity index is 1410. The second kappa shape index (κ2) is 10.4. The van der Waals surface area contributed by atoms with Crippen LogP contribution in [-0.4, -0.2) is 45.5 Å². The number of nitrogens with one attached hydrogen (secondary N) is 2. The highest BCUT2D eigenvalue weighted by Crippen LogP contribution is 2.32. The maximum atomic E-state index is 14.3. The van der Waals surface area contributed by atoms with Crippen molar-refractivity contribution in [1.29, 1.82) is 0 Å². The van der Waals surface area contributed by atoms with Crippen LogP contribution in [0, 0.1) is 17.5 Å². The zero-order valence-corrected chi connectivity index (χ0v) is 19.8. The van der Waals surface area contributed by atoms with Crippen LogP contribution in [0.1, 0.15) is 36.2 Å². The normalized spacial score (nSPS) is 14.1. The van der Waals surface area contributed by atoms with Crippen LogP contribution in [0.3, 0.4) is 0 Å². The van der Waals surface area contributed by atoms with Crippen molar-refractivity contribution in [1.82, 2.24) is 19.7 Å². The van der Waals surface area contributed by atoms with Gasteiger partial charge in [0.15, 0.2) is 23.1 Å². The van der Waals surface area contributed by atoms with Gasteiger partial charge in [-0.05, 0) is 44.0 Å². The van der Waals surface area contributed by atoms with Crippen molar-refractivity contribution in [3.63, 3.8) is 0 Å². The van der Waals surface area contributed by atoms with E-state index in [1.54, 1.807) is 35.9 Å². The van der Waals surface area contributed by atoms with E-state index in [0.717, 1.165) is 0 Å². The monoisotopic (exact) mass is 512 g/mol. The van der Waals surface area contributed by atoms with Crippen LogP contribution in [0.25, 0.3) is 11.0 Å². The minimum atomic E-state index is -1.09. The van der Waals surface area contributed by atoms with E-state index in [9.17, 15) is 18.0 Å². The molecule has 1 aliphatic rings. The SMILES string of the molecule is CCOC(=O)c1ccc(Nc2ncc3c(Nc4c(F)cc(F)cc4F)nn(C4CCOCC4)c3n2)cc1. The Morgan fingerprint density at radius 1 is 1.11 bits per heavy atom. The second-order valence-electron chi connectivity index (χ2n) is 8.36. The summed E-state index contributed by atoms with van der Waals surface area (Å²) in [6, 6.07) is 7.77. The molecule has 192 valence electrons. The molecule has 1 saturated heterocycles. The van der Waals surface area contributed by atoms with E-state index in [0.29, 0.717) is 60.5 Å². The summed E-state index contributed by atoms with van der Waals surface area (Å²) < 4.78 is 54.2. The smallest absolute Gasteiger partial charge is 0.338 e. The van der Waals surface area contributed by atoms with Crippen molar-refractivity contribution in [2.24, 2.45) is 0 Å². The Morgan fingerprint density at radius 2 is 1.81 bits per heavy atom. The van der Waals surface area contributed by atoms with E-state index in [-0.39, 0.29) is 24.4 Å². The van der Waals surface area contributed by atoms with Gasteiger partial charge in [-0.15, -0.1) is 0 Å². The van der Waals surface area contributed by atoms with Gasteiger partial charge in [-0.3, -0.25) is 0 Å². The maximum absolute atomic E-state index is 14.3. The first kappa shape index (κ1) is 24.5. The number of esters is 1. The number of anilines is 4. The second-order valence-corrected chi connectivity index (χ2v) is 8.36. The molecule has 0 unspecified atom stereocenters. The largest absolute Gasteiger partial charge is 0.462 e. The van der Waals surface area contributed by atoms with Crippen molar-refractivity contribution >= 4 is 40.1 Å². The molecular formula is C25H23F3N6O3. The summed E-state index contributed by atoms with van der Waals surface area (Å²) in [6.07, 6.45) is 2.84. The van der Waals surface area contributed by atoms with Crippen LogP contribution in [0.2, 0.25) is 0 Å². The first-order chi connectivity index (χ1) is 17.9. The summed E-state index contributed by atoms with van der Waals surface area (Å²) in [5.41, 5.74) is 0.970. The number of benzene rings is 2. The summed E-state index contributed by atoms with van der Waals surface area (Å²) in [7, 11) is 0. The van der Waals surface area contributed by atoms with Gasteiger partial charge in [0.05, 0.1) is 23.6 Å². The van der Waals surface area contributed by atoms with Gasteiger partial charge >= 0.3 is 5.97 Å². The standard InChI is InChI=1S/C25H23F3N6O3/c1-2-37-24(35)14-3-5-16(6-4-14)30-25-29-13-18-22(31-21-19(27)11-15(26)12-20(21)28)33-34(23(18)32-25)17-7-9-36-10-8-17/h3-6,11-13,17H,2,7-10H2,1H3,(H,31,33)(H,29,30,32). The molecule has 2 aromatic carbocycles. The molecule has 12 heteroatoms. The highest BCUT2D eigenvalue weighted by Gasteiger charge is 2.24. The molecule has 5 rings (SSSR count). The Morgan fingerprint density at radius 3 is 2.49 bits per heavy atom. The molecule has 0 radical (unpaired) electrons. The number of ether oxygens (including phenoxy) is 2. The van der Waals surface area contributed by atoms with Gasteiger partial charge in [0.25, 0.3) is 0 Å². The number of aromatic nitrogens is 4. The predicted molar refractivity (Wildman–Crippen MR) is 130 cm³/mol. The minimum Gasteiger partial charge on any atom is -0.462 e. The Balaban J connectivity index is 1.48. The van der Waals surface area contributed by atoms with Gasteiger partial charge in [0, 0.05) is 37.2 Å². The molecule has 9 nitrogen and oxygen atoms in total. The molecule has 2 aromatic heterocycles. The molecule has 0 bridgehead atoms. The lowest BCUT2D eigenvalue weighted by Gasteiger charge is -2.22. The highest BCUT2D eigenvalue weighted by molar-refractivity contribution is 5.91. The number of hydrogen-bond acceptors (Lipinski definition) is 8. The Hall–Kier alpha value is -4.19.